The van der Waals surface area contributed by atoms with Crippen LogP contribution in [0.2, 0.25) is 0 Å². The summed E-state index contributed by atoms with van der Waals surface area (Å²) >= 11 is 0. The molecule has 5 nitrogen and oxygen atoms in total. The molecule has 0 aromatic carbocycles. The Hall–Kier alpha value is -1.33. The molecule has 1 fully saturated rings. The van der Waals surface area contributed by atoms with Crippen LogP contribution in [0.4, 0.5) is 0 Å². The third-order valence-electron chi connectivity index (χ3n) is 4.05. The van der Waals surface area contributed by atoms with Gasteiger partial charge in [0.2, 0.25) is 5.91 Å². The van der Waals surface area contributed by atoms with Crippen LogP contribution in [0.3, 0.4) is 0 Å². The quantitative estimate of drug-likeness (QED) is 0.844. The summed E-state index contributed by atoms with van der Waals surface area (Å²) in [5.74, 6) is -0.0914. The maximum atomic E-state index is 11.5. The molecule has 20 heavy (non-hydrogen) atoms. The molecule has 0 aliphatic carbocycles. The fourth-order valence-electron chi connectivity index (χ4n) is 3.00. The normalized spacial score (nSPS) is 23.8. The third-order valence-corrected chi connectivity index (χ3v) is 4.05. The van der Waals surface area contributed by atoms with Crippen molar-refractivity contribution in [3.8, 4) is 0 Å². The first-order chi connectivity index (χ1) is 9.56. The van der Waals surface area contributed by atoms with Crippen LogP contribution in [0.15, 0.2) is 18.3 Å². The Morgan fingerprint density at radius 1 is 1.55 bits per heavy atom. The number of β-amino-alcohol motifs (C(OH)–C–C–N with tert-alkyl or cyclic N) is 1. The van der Waals surface area contributed by atoms with E-state index in [1.54, 1.807) is 7.05 Å². The molecule has 2 rings (SSSR count). The second-order valence-corrected chi connectivity index (χ2v) is 5.67. The lowest BCUT2D eigenvalue weighted by Gasteiger charge is -2.39. The highest BCUT2D eigenvalue weighted by Crippen LogP contribution is 2.25. The second kappa shape index (κ2) is 6.41. The summed E-state index contributed by atoms with van der Waals surface area (Å²) in [7, 11) is 1.61. The zero-order chi connectivity index (χ0) is 14.6. The second-order valence-electron chi connectivity index (χ2n) is 5.67. The van der Waals surface area contributed by atoms with Crippen LogP contribution in [0.5, 0.6) is 0 Å². The van der Waals surface area contributed by atoms with E-state index in [1.807, 2.05) is 0 Å². The number of hydrogen-bond acceptors (Lipinski definition) is 3. The van der Waals surface area contributed by atoms with E-state index in [-0.39, 0.29) is 12.3 Å². The Kier molecular flexibility index (Phi) is 4.83. The molecule has 0 spiro atoms. The average Bonchev–Trinajstić information content (AvgIpc) is 2.85. The number of rotatable bonds is 5. The molecule has 1 aliphatic rings. The van der Waals surface area contributed by atoms with Gasteiger partial charge in [-0.25, -0.2) is 0 Å². The van der Waals surface area contributed by atoms with Gasteiger partial charge in [-0.15, -0.1) is 0 Å². The van der Waals surface area contributed by atoms with E-state index in [1.165, 1.54) is 5.69 Å². The number of nitrogens with one attached hydrogen (secondary N) is 1. The fraction of sp³-hybridized carbons (Fsp3) is 0.667. The van der Waals surface area contributed by atoms with Crippen LogP contribution in [0.1, 0.15) is 31.9 Å². The number of piperidine rings is 1. The number of nitrogens with zero attached hydrogens (tertiary/aromatic N) is 2. The standard InChI is InChI=1S/C15H25N3O2/c1-3-18-9-4-6-13(18)11-17-8-5-7-15(20,12-17)10-14(19)16-2/h4,6,9,20H,3,5,7-8,10-12H2,1-2H3,(H,16,19). The van der Waals surface area contributed by atoms with Gasteiger partial charge >= 0.3 is 0 Å². The van der Waals surface area contributed by atoms with Gasteiger partial charge in [-0.1, -0.05) is 0 Å². The summed E-state index contributed by atoms with van der Waals surface area (Å²) in [6.07, 6.45) is 3.90. The highest BCUT2D eigenvalue weighted by molar-refractivity contribution is 5.76. The minimum absolute atomic E-state index is 0.0914. The number of aliphatic hydroxyl groups is 1. The first-order valence-electron chi connectivity index (χ1n) is 7.35. The van der Waals surface area contributed by atoms with E-state index < -0.39 is 5.60 Å². The molecule has 1 aliphatic heterocycles. The number of carbonyl (C=O) groups is 1. The zero-order valence-electron chi connectivity index (χ0n) is 12.4. The topological polar surface area (TPSA) is 57.5 Å². The molecule has 2 N–H and O–H groups in total. The predicted octanol–water partition coefficient (Wildman–Crippen LogP) is 0.971. The summed E-state index contributed by atoms with van der Waals surface area (Å²) in [6.45, 7) is 5.46. The van der Waals surface area contributed by atoms with Crippen LogP contribution < -0.4 is 5.32 Å². The maximum absolute atomic E-state index is 11.5. The van der Waals surface area contributed by atoms with Crippen molar-refractivity contribution in [1.29, 1.82) is 0 Å². The van der Waals surface area contributed by atoms with Gasteiger partial charge in [0.15, 0.2) is 0 Å². The molecule has 1 aromatic rings. The molecule has 0 saturated carbocycles. The van der Waals surface area contributed by atoms with E-state index in [2.05, 4.69) is 40.0 Å². The van der Waals surface area contributed by atoms with E-state index in [0.29, 0.717) is 13.0 Å². The molecule has 2 heterocycles. The summed E-state index contributed by atoms with van der Waals surface area (Å²) in [4.78, 5) is 13.8. The van der Waals surface area contributed by atoms with Gasteiger partial charge in [0.25, 0.3) is 0 Å². The van der Waals surface area contributed by atoms with Crippen molar-refractivity contribution in [2.75, 3.05) is 20.1 Å². The molecular formula is C15H25N3O2. The minimum atomic E-state index is -0.887. The van der Waals surface area contributed by atoms with Gasteiger partial charge in [0, 0.05) is 38.6 Å². The van der Waals surface area contributed by atoms with Gasteiger partial charge in [0.05, 0.1) is 12.0 Å². The van der Waals surface area contributed by atoms with Crippen LogP contribution in [0.25, 0.3) is 0 Å². The lowest BCUT2D eigenvalue weighted by atomic mass is 9.89. The Morgan fingerprint density at radius 2 is 2.35 bits per heavy atom. The zero-order valence-corrected chi connectivity index (χ0v) is 12.4. The van der Waals surface area contributed by atoms with Gasteiger partial charge < -0.3 is 15.0 Å². The first kappa shape index (κ1) is 15.1. The molecule has 1 aromatic heterocycles. The minimum Gasteiger partial charge on any atom is -0.388 e. The van der Waals surface area contributed by atoms with Crippen molar-refractivity contribution in [3.05, 3.63) is 24.0 Å². The summed E-state index contributed by atoms with van der Waals surface area (Å²) in [5, 5.41) is 13.2. The van der Waals surface area contributed by atoms with Crippen molar-refractivity contribution in [3.63, 3.8) is 0 Å². The SMILES string of the molecule is CCn1cccc1CN1CCCC(O)(CC(=O)NC)C1. The van der Waals surface area contributed by atoms with Gasteiger partial charge in [-0.05, 0) is 38.4 Å². The molecule has 0 bridgehead atoms. The predicted molar refractivity (Wildman–Crippen MR) is 78.3 cm³/mol. The number of carbonyl (C=O) groups excluding carboxylic acids is 1. The van der Waals surface area contributed by atoms with Crippen LogP contribution >= 0.6 is 0 Å². The molecule has 1 amide bonds. The number of aromatic nitrogens is 1. The van der Waals surface area contributed by atoms with Crippen molar-refractivity contribution in [2.45, 2.75) is 44.9 Å². The van der Waals surface area contributed by atoms with Gasteiger partial charge in [0.1, 0.15) is 0 Å². The molecular weight excluding hydrogens is 254 g/mol. The summed E-state index contributed by atoms with van der Waals surface area (Å²) < 4.78 is 2.21. The highest BCUT2D eigenvalue weighted by atomic mass is 16.3. The monoisotopic (exact) mass is 279 g/mol. The summed E-state index contributed by atoms with van der Waals surface area (Å²) in [5.41, 5.74) is 0.374. The van der Waals surface area contributed by atoms with E-state index >= 15 is 0 Å². The number of aryl methyl sites for hydroxylation is 1. The van der Waals surface area contributed by atoms with E-state index in [9.17, 15) is 9.90 Å². The van der Waals surface area contributed by atoms with Gasteiger partial charge in [-0.3, -0.25) is 9.69 Å². The molecule has 1 atom stereocenters. The highest BCUT2D eigenvalue weighted by Gasteiger charge is 2.35. The Balaban J connectivity index is 1.98. The first-order valence-corrected chi connectivity index (χ1v) is 7.35. The Labute approximate surface area is 120 Å². The fourth-order valence-corrected chi connectivity index (χ4v) is 3.00. The molecule has 1 unspecified atom stereocenters. The molecule has 112 valence electrons. The Bertz CT molecular complexity index is 458. The average molecular weight is 279 g/mol. The number of amides is 1. The van der Waals surface area contributed by atoms with Crippen LogP contribution in [-0.4, -0.2) is 46.2 Å². The third kappa shape index (κ3) is 3.61. The number of likely N-dealkylation sites (tertiary alicyclic amines) is 1. The number of hydrogen-bond donors (Lipinski definition) is 2. The van der Waals surface area contributed by atoms with Gasteiger partial charge in [-0.2, -0.15) is 0 Å². The van der Waals surface area contributed by atoms with Crippen molar-refractivity contribution < 1.29 is 9.90 Å². The maximum Gasteiger partial charge on any atom is 0.222 e. The van der Waals surface area contributed by atoms with Crippen molar-refractivity contribution >= 4 is 5.91 Å². The lowest BCUT2D eigenvalue weighted by Crippen LogP contribution is -2.50. The molecule has 1 saturated heterocycles. The Morgan fingerprint density at radius 3 is 3.05 bits per heavy atom. The lowest BCUT2D eigenvalue weighted by molar-refractivity contribution is -0.128. The smallest absolute Gasteiger partial charge is 0.222 e. The van der Waals surface area contributed by atoms with Crippen molar-refractivity contribution in [1.82, 2.24) is 14.8 Å². The molecule has 5 heteroatoms. The van der Waals surface area contributed by atoms with E-state index in [0.717, 1.165) is 26.1 Å². The molecule has 0 radical (unpaired) electrons. The summed E-state index contributed by atoms with van der Waals surface area (Å²) in [6, 6.07) is 4.18. The van der Waals surface area contributed by atoms with E-state index in [4.69, 9.17) is 0 Å². The van der Waals surface area contributed by atoms with Crippen molar-refractivity contribution in [2.24, 2.45) is 0 Å². The largest absolute Gasteiger partial charge is 0.388 e. The van der Waals surface area contributed by atoms with Crippen LogP contribution in [0, 0.1) is 0 Å². The van der Waals surface area contributed by atoms with Crippen LogP contribution in [-0.2, 0) is 17.9 Å².